The van der Waals surface area contributed by atoms with Crippen molar-refractivity contribution in [2.45, 2.75) is 84.7 Å². The lowest BCUT2D eigenvalue weighted by molar-refractivity contribution is -0.145. The van der Waals surface area contributed by atoms with Gasteiger partial charge in [-0.3, -0.25) is 38.8 Å². The number of nitrogens with zero attached hydrogens (tertiary/aromatic N) is 7. The van der Waals surface area contributed by atoms with E-state index in [0.717, 1.165) is 160 Å². The molecule has 16 rings (SSSR count). The van der Waals surface area contributed by atoms with Gasteiger partial charge in [-0.2, -0.15) is 0 Å². The maximum Gasteiger partial charge on any atom is 0.320 e. The average molecular weight is 1910 g/mol. The summed E-state index contributed by atoms with van der Waals surface area (Å²) in [6.07, 6.45) is 8.66. The Morgan fingerprint density at radius 1 is 0.270 bits per heavy atom. The third-order valence-electron chi connectivity index (χ3n) is 25.5. The number of esters is 2. The standard InChI is InChI=1S/C30H36N2O2S.C29H34N2OS.C28H32N2O2S.C22H20OS.C9H17NO2/c1-2-34-29(33)25-32-22-20-31(21-23-32)19-12-24-35-30(26-13-6-3-7-14-26,27-15-8-4-9-16-27)28-17-10-5-11-18-28;1-25(32)24-31-21-19-30(20-22-31)18-11-23-33-29(26-12-5-2-6-13-26,27-14-7-3-8-15-27)28-16-9-4-10-17-28;31-27(32)23-30-20-18-29(19-21-30)17-10-22-33-28(24-11-4-1-5-12-24,25-13-6-2-7-14-25)26-15-8-3-9-16-26;23-17-10-18-24-22(19-11-4-1-5-12-19,20-13-6-2-7-14-20)21-15-8-3-9-16-21;1-2-12-9(11)8-10-6-4-3-5-7-10/h3-11,13-18H,2,12,19-25H2,1H3;2-10,12-17H,11,18-24H2,1H3;1-9,11-16H,10,17-23H2,(H,31,32);1-9,11-17H,10,18H2;2-8H2,1H3. The molecule has 0 amide bonds. The van der Waals surface area contributed by atoms with Gasteiger partial charge in [0.05, 0.1) is 58.4 Å². The second-order valence-electron chi connectivity index (χ2n) is 34.9. The van der Waals surface area contributed by atoms with Crippen LogP contribution in [-0.4, -0.2) is 243 Å². The number of carboxylic acids is 1. The van der Waals surface area contributed by atoms with Crippen molar-refractivity contribution in [2.24, 2.45) is 0 Å². The van der Waals surface area contributed by atoms with Crippen molar-refractivity contribution in [1.29, 1.82) is 0 Å². The summed E-state index contributed by atoms with van der Waals surface area (Å²) < 4.78 is 8.91. The van der Waals surface area contributed by atoms with E-state index in [2.05, 4.69) is 375 Å². The van der Waals surface area contributed by atoms with Crippen LogP contribution in [0.2, 0.25) is 0 Å². The molecule has 4 fully saturated rings. The molecule has 12 aromatic rings. The van der Waals surface area contributed by atoms with Crippen LogP contribution in [0.15, 0.2) is 364 Å². The molecule has 0 atom stereocenters. The van der Waals surface area contributed by atoms with Crippen molar-refractivity contribution in [2.75, 3.05) is 174 Å². The number of piperazine rings is 3. The largest absolute Gasteiger partial charge is 0.480 e. The first kappa shape index (κ1) is 105. The fourth-order valence-electron chi connectivity index (χ4n) is 18.8. The number of carbonyl (C=O) groups is 5. The van der Waals surface area contributed by atoms with Gasteiger partial charge in [-0.15, -0.1) is 47.0 Å². The highest BCUT2D eigenvalue weighted by Gasteiger charge is 2.41. The van der Waals surface area contributed by atoms with Crippen LogP contribution < -0.4 is 0 Å². The predicted octanol–water partition coefficient (Wildman–Crippen LogP) is 21.7. The number of piperidine rings is 1. The van der Waals surface area contributed by atoms with Crippen LogP contribution in [0.3, 0.4) is 0 Å². The Bertz CT molecular complexity index is 4820. The number of ether oxygens (including phenoxy) is 2. The maximum absolute atomic E-state index is 11.8. The molecule has 0 aliphatic carbocycles. The van der Waals surface area contributed by atoms with E-state index in [0.29, 0.717) is 39.3 Å². The van der Waals surface area contributed by atoms with Gasteiger partial charge in [0.2, 0.25) is 0 Å². The molecule has 19 heteroatoms. The zero-order valence-corrected chi connectivity index (χ0v) is 83.6. The van der Waals surface area contributed by atoms with E-state index in [9.17, 15) is 24.0 Å². The maximum atomic E-state index is 11.8. The summed E-state index contributed by atoms with van der Waals surface area (Å²) in [5.74, 6) is 3.28. The molecule has 0 aromatic heterocycles. The molecule has 15 nitrogen and oxygen atoms in total. The molecule has 0 spiro atoms. The van der Waals surface area contributed by atoms with Crippen LogP contribution in [0, 0.1) is 0 Å². The van der Waals surface area contributed by atoms with Crippen molar-refractivity contribution in [3.8, 4) is 0 Å². The molecule has 4 aliphatic heterocycles. The molecule has 0 unspecified atom stereocenters. The minimum absolute atomic E-state index is 0.0839. The first-order valence-electron chi connectivity index (χ1n) is 49.0. The Morgan fingerprint density at radius 3 is 0.657 bits per heavy atom. The quantitative estimate of drug-likeness (QED) is 0.0168. The summed E-state index contributed by atoms with van der Waals surface area (Å²) >= 11 is 7.91. The lowest BCUT2D eigenvalue weighted by Gasteiger charge is -2.36. The first-order valence-corrected chi connectivity index (χ1v) is 53.0. The number of ketones is 1. The van der Waals surface area contributed by atoms with Crippen LogP contribution in [-0.2, 0) is 52.4 Å². The molecule has 1 N–H and O–H groups in total. The average Bonchev–Trinajstić information content (AvgIpc) is 0.773. The van der Waals surface area contributed by atoms with E-state index in [4.69, 9.17) is 14.6 Å². The third-order valence-corrected chi connectivity index (χ3v) is 32.0. The summed E-state index contributed by atoms with van der Waals surface area (Å²) in [7, 11) is 0. The fourth-order valence-corrected chi connectivity index (χ4v) is 24.7. The molecule has 4 saturated heterocycles. The molecule has 137 heavy (non-hydrogen) atoms. The zero-order valence-electron chi connectivity index (χ0n) is 80.3. The smallest absolute Gasteiger partial charge is 0.320 e. The van der Waals surface area contributed by atoms with Gasteiger partial charge in [0, 0.05) is 90.7 Å². The highest BCUT2D eigenvalue weighted by Crippen LogP contribution is 2.53. The number of benzene rings is 12. The molecule has 4 heterocycles. The van der Waals surface area contributed by atoms with Crippen LogP contribution in [0.1, 0.15) is 132 Å². The molecule has 0 radical (unpaired) electrons. The first-order chi connectivity index (χ1) is 67.3. The van der Waals surface area contributed by atoms with Gasteiger partial charge in [-0.05, 0) is 170 Å². The number of aldehydes is 1. The van der Waals surface area contributed by atoms with Crippen LogP contribution in [0.25, 0.3) is 0 Å². The molecule has 718 valence electrons. The van der Waals surface area contributed by atoms with E-state index in [1.165, 1.54) is 86.0 Å². The second-order valence-corrected chi connectivity index (χ2v) is 40.2. The van der Waals surface area contributed by atoms with E-state index in [-0.39, 0.29) is 43.3 Å². The predicted molar refractivity (Wildman–Crippen MR) is 572 cm³/mol. The Labute approximate surface area is 832 Å². The minimum atomic E-state index is -0.737. The molecule has 4 aliphatic rings. The fraction of sp³-hybridized carbons (Fsp3) is 0.347. The summed E-state index contributed by atoms with van der Waals surface area (Å²) in [5.41, 5.74) is 15.5. The van der Waals surface area contributed by atoms with Gasteiger partial charge < -0.3 is 34.1 Å². The van der Waals surface area contributed by atoms with Crippen LogP contribution in [0.4, 0.5) is 0 Å². The van der Waals surface area contributed by atoms with Gasteiger partial charge in [0.1, 0.15) is 12.1 Å². The number of carboxylic acid groups (broad SMARTS) is 1. The van der Waals surface area contributed by atoms with Gasteiger partial charge in [-0.1, -0.05) is 370 Å². The van der Waals surface area contributed by atoms with E-state index < -0.39 is 5.97 Å². The number of rotatable bonds is 41. The highest BCUT2D eigenvalue weighted by atomic mass is 32.2. The highest BCUT2D eigenvalue weighted by molar-refractivity contribution is 8.01. The number of hydrogen-bond acceptors (Lipinski definition) is 18. The number of hydrogen-bond donors (Lipinski definition) is 1. The van der Waals surface area contributed by atoms with Crippen molar-refractivity contribution in [3.05, 3.63) is 431 Å². The number of carbonyl (C=O) groups excluding carboxylic acids is 4. The Hall–Kier alpha value is -10.5. The van der Waals surface area contributed by atoms with Gasteiger partial charge in [0.25, 0.3) is 0 Å². The summed E-state index contributed by atoms with van der Waals surface area (Å²) in [5, 5.41) is 9.01. The van der Waals surface area contributed by atoms with Gasteiger partial charge >= 0.3 is 17.9 Å². The molecular weight excluding hydrogens is 1770 g/mol. The Balaban J connectivity index is 0.000000158. The van der Waals surface area contributed by atoms with Crippen molar-refractivity contribution in [1.82, 2.24) is 34.3 Å². The topological polar surface area (TPSA) is 147 Å². The van der Waals surface area contributed by atoms with Crippen LogP contribution in [0.5, 0.6) is 0 Å². The van der Waals surface area contributed by atoms with Crippen LogP contribution >= 0.6 is 47.0 Å². The SMILES string of the molecule is CC(=O)CN1CCN(CCCSC(c2ccccc2)(c2ccccc2)c2ccccc2)CC1.CCOC(=O)CN1CCCCC1.CCOC(=O)CN1CCN(CCCSC(c2ccccc2)(c2ccccc2)c2ccccc2)CC1.O=C(O)CN1CCN(CCCSC(c2ccccc2)(c2ccccc2)c2ccccc2)CC1.O=CCCSC(c1ccccc1)(c1ccccc1)c1ccccc1. The molecule has 0 bridgehead atoms. The van der Waals surface area contributed by atoms with E-state index >= 15 is 0 Å². The lowest BCUT2D eigenvalue weighted by atomic mass is 9.84. The number of Topliss-reactive ketones (excluding diaryl/α,β-unsaturated/α-hetero) is 1. The van der Waals surface area contributed by atoms with E-state index in [1.54, 1.807) is 6.92 Å². The second kappa shape index (κ2) is 57.8. The van der Waals surface area contributed by atoms with Gasteiger partial charge in [-0.25, -0.2) is 0 Å². The number of thioether (sulfide) groups is 4. The van der Waals surface area contributed by atoms with Crippen molar-refractivity contribution < 1.29 is 38.6 Å². The summed E-state index contributed by atoms with van der Waals surface area (Å²) in [6.45, 7) is 24.8. The minimum Gasteiger partial charge on any atom is -0.480 e. The molecular formula is C118H139N7O8S4. The van der Waals surface area contributed by atoms with Crippen molar-refractivity contribution >= 4 is 77.0 Å². The summed E-state index contributed by atoms with van der Waals surface area (Å²) in [6, 6.07) is 130. The zero-order chi connectivity index (χ0) is 95.7. The van der Waals surface area contributed by atoms with Crippen molar-refractivity contribution in [3.63, 3.8) is 0 Å². The number of aliphatic carboxylic acids is 1. The Kier molecular flexibility index (Phi) is 44.4. The molecule has 12 aromatic carbocycles. The normalized spacial score (nSPS) is 14.9. The lowest BCUT2D eigenvalue weighted by Crippen LogP contribution is -2.48. The summed E-state index contributed by atoms with van der Waals surface area (Å²) in [4.78, 5) is 72.3. The van der Waals surface area contributed by atoms with E-state index in [1.807, 2.05) is 84.0 Å². The molecule has 0 saturated carbocycles. The third kappa shape index (κ3) is 31.3. The Morgan fingerprint density at radius 2 is 0.460 bits per heavy atom. The number of likely N-dealkylation sites (tertiary alicyclic amines) is 1. The van der Waals surface area contributed by atoms with Gasteiger partial charge in [0.15, 0.2) is 0 Å². The monoisotopic (exact) mass is 1910 g/mol.